The van der Waals surface area contributed by atoms with Crippen LogP contribution in [0.25, 0.3) is 0 Å². The SMILES string of the molecule is CN(CC(=O)NCC(=O)N1CCCC1)C1CCC(c2ccccc2)CC1. The van der Waals surface area contributed by atoms with E-state index < -0.39 is 0 Å². The van der Waals surface area contributed by atoms with Gasteiger partial charge in [0.1, 0.15) is 0 Å². The highest BCUT2D eigenvalue weighted by molar-refractivity contribution is 5.85. The second-order valence-electron chi connectivity index (χ2n) is 7.70. The van der Waals surface area contributed by atoms with E-state index in [1.54, 1.807) is 0 Å². The number of benzene rings is 1. The van der Waals surface area contributed by atoms with Crippen LogP contribution in [-0.4, -0.2) is 60.9 Å². The summed E-state index contributed by atoms with van der Waals surface area (Å²) in [7, 11) is 2.02. The maximum absolute atomic E-state index is 12.2. The Morgan fingerprint density at radius 2 is 1.73 bits per heavy atom. The van der Waals surface area contributed by atoms with Gasteiger partial charge in [-0.15, -0.1) is 0 Å². The lowest BCUT2D eigenvalue weighted by atomic mass is 9.81. The second-order valence-corrected chi connectivity index (χ2v) is 7.70. The summed E-state index contributed by atoms with van der Waals surface area (Å²) in [5, 5.41) is 2.79. The van der Waals surface area contributed by atoms with Crippen molar-refractivity contribution in [2.75, 3.05) is 33.2 Å². The predicted molar refractivity (Wildman–Crippen MR) is 103 cm³/mol. The first-order valence-corrected chi connectivity index (χ1v) is 9.93. The van der Waals surface area contributed by atoms with E-state index in [1.807, 2.05) is 11.9 Å². The van der Waals surface area contributed by atoms with E-state index >= 15 is 0 Å². The monoisotopic (exact) mass is 357 g/mol. The van der Waals surface area contributed by atoms with Gasteiger partial charge in [-0.25, -0.2) is 0 Å². The summed E-state index contributed by atoms with van der Waals surface area (Å²) in [6.07, 6.45) is 6.75. The zero-order valence-corrected chi connectivity index (χ0v) is 15.8. The highest BCUT2D eigenvalue weighted by Gasteiger charge is 2.26. The molecule has 142 valence electrons. The summed E-state index contributed by atoms with van der Waals surface area (Å²) in [6.45, 7) is 2.17. The quantitative estimate of drug-likeness (QED) is 0.850. The Hall–Kier alpha value is -1.88. The van der Waals surface area contributed by atoms with Crippen LogP contribution in [0.3, 0.4) is 0 Å². The summed E-state index contributed by atoms with van der Waals surface area (Å²) in [5.74, 6) is 0.639. The minimum Gasteiger partial charge on any atom is -0.346 e. The standard InChI is InChI=1S/C21H31N3O2/c1-23(16-20(25)22-15-21(26)24-13-5-6-14-24)19-11-9-18(10-12-19)17-7-3-2-4-8-17/h2-4,7-8,18-19H,5-6,9-16H2,1H3,(H,22,25). The Morgan fingerprint density at radius 3 is 2.38 bits per heavy atom. The number of hydrogen-bond donors (Lipinski definition) is 1. The molecule has 1 heterocycles. The van der Waals surface area contributed by atoms with Crippen LogP contribution in [0.1, 0.15) is 50.0 Å². The third-order valence-corrected chi connectivity index (χ3v) is 5.88. The van der Waals surface area contributed by atoms with Gasteiger partial charge in [0.25, 0.3) is 0 Å². The molecule has 5 nitrogen and oxygen atoms in total. The molecule has 0 bridgehead atoms. The number of likely N-dealkylation sites (N-methyl/N-ethyl adjacent to an activating group) is 1. The van der Waals surface area contributed by atoms with Crippen molar-refractivity contribution in [1.82, 2.24) is 15.1 Å². The fourth-order valence-electron chi connectivity index (χ4n) is 4.24. The van der Waals surface area contributed by atoms with Crippen molar-refractivity contribution in [2.45, 2.75) is 50.5 Å². The summed E-state index contributed by atoms with van der Waals surface area (Å²) >= 11 is 0. The topological polar surface area (TPSA) is 52.7 Å². The van der Waals surface area contributed by atoms with Gasteiger partial charge in [0.2, 0.25) is 11.8 Å². The minimum absolute atomic E-state index is 0.0434. The van der Waals surface area contributed by atoms with Crippen molar-refractivity contribution in [3.05, 3.63) is 35.9 Å². The third-order valence-electron chi connectivity index (χ3n) is 5.88. The van der Waals surface area contributed by atoms with E-state index in [-0.39, 0.29) is 18.4 Å². The maximum Gasteiger partial charge on any atom is 0.241 e. The van der Waals surface area contributed by atoms with Gasteiger partial charge in [0.05, 0.1) is 13.1 Å². The van der Waals surface area contributed by atoms with Crippen molar-refractivity contribution < 1.29 is 9.59 Å². The van der Waals surface area contributed by atoms with Crippen molar-refractivity contribution >= 4 is 11.8 Å². The molecule has 26 heavy (non-hydrogen) atoms. The first-order chi connectivity index (χ1) is 12.6. The van der Waals surface area contributed by atoms with Gasteiger partial charge in [-0.2, -0.15) is 0 Å². The van der Waals surface area contributed by atoms with Gasteiger partial charge in [0.15, 0.2) is 0 Å². The largest absolute Gasteiger partial charge is 0.346 e. The fraction of sp³-hybridized carbons (Fsp3) is 0.619. The lowest BCUT2D eigenvalue weighted by Crippen LogP contribution is -2.45. The summed E-state index contributed by atoms with van der Waals surface area (Å²) in [4.78, 5) is 28.2. The molecule has 0 spiro atoms. The molecule has 1 aromatic rings. The number of rotatable bonds is 6. The summed E-state index contributed by atoms with van der Waals surface area (Å²) in [6, 6.07) is 11.2. The van der Waals surface area contributed by atoms with Crippen LogP contribution in [-0.2, 0) is 9.59 Å². The number of nitrogens with one attached hydrogen (secondary N) is 1. The number of likely N-dealkylation sites (tertiary alicyclic amines) is 1. The molecule has 1 saturated carbocycles. The molecule has 0 radical (unpaired) electrons. The van der Waals surface area contributed by atoms with Crippen LogP contribution >= 0.6 is 0 Å². The smallest absolute Gasteiger partial charge is 0.241 e. The molecule has 3 rings (SSSR count). The number of carbonyl (C=O) groups is 2. The average molecular weight is 357 g/mol. The van der Waals surface area contributed by atoms with Gasteiger partial charge in [0, 0.05) is 19.1 Å². The van der Waals surface area contributed by atoms with Crippen molar-refractivity contribution in [2.24, 2.45) is 0 Å². The van der Waals surface area contributed by atoms with Crippen LogP contribution in [0.15, 0.2) is 30.3 Å². The molecule has 0 unspecified atom stereocenters. The Morgan fingerprint density at radius 1 is 1.08 bits per heavy atom. The summed E-state index contributed by atoms with van der Waals surface area (Å²) in [5.41, 5.74) is 1.44. The molecule has 1 aliphatic carbocycles. The highest BCUT2D eigenvalue weighted by Crippen LogP contribution is 2.34. The first kappa shape index (κ1) is 18.9. The molecule has 0 atom stereocenters. The Balaban J connectivity index is 1.37. The van der Waals surface area contributed by atoms with Gasteiger partial charge in [-0.3, -0.25) is 14.5 Å². The van der Waals surface area contributed by atoms with E-state index in [1.165, 1.54) is 18.4 Å². The van der Waals surface area contributed by atoms with E-state index in [2.05, 4.69) is 40.5 Å². The minimum atomic E-state index is -0.0507. The average Bonchev–Trinajstić information content (AvgIpc) is 3.22. The molecule has 2 fully saturated rings. The number of nitrogens with zero attached hydrogens (tertiary/aromatic N) is 2. The van der Waals surface area contributed by atoms with Crippen LogP contribution in [0, 0.1) is 0 Å². The van der Waals surface area contributed by atoms with E-state index in [0.717, 1.165) is 38.8 Å². The summed E-state index contributed by atoms with van der Waals surface area (Å²) < 4.78 is 0. The van der Waals surface area contributed by atoms with Crippen molar-refractivity contribution in [1.29, 1.82) is 0 Å². The molecular formula is C21H31N3O2. The van der Waals surface area contributed by atoms with Gasteiger partial charge >= 0.3 is 0 Å². The zero-order chi connectivity index (χ0) is 18.4. The molecule has 1 aliphatic heterocycles. The number of hydrogen-bond acceptors (Lipinski definition) is 3. The molecule has 2 aliphatic rings. The van der Waals surface area contributed by atoms with Crippen molar-refractivity contribution in [3.8, 4) is 0 Å². The van der Waals surface area contributed by atoms with E-state index in [0.29, 0.717) is 18.5 Å². The molecule has 0 aromatic heterocycles. The number of carbonyl (C=O) groups excluding carboxylic acids is 2. The first-order valence-electron chi connectivity index (χ1n) is 9.93. The molecular weight excluding hydrogens is 326 g/mol. The van der Waals surface area contributed by atoms with Crippen LogP contribution in [0.5, 0.6) is 0 Å². The Bertz CT molecular complexity index is 591. The Labute approximate surface area is 156 Å². The molecule has 5 heteroatoms. The Kier molecular flexibility index (Phi) is 6.67. The van der Waals surface area contributed by atoms with Crippen LogP contribution in [0.2, 0.25) is 0 Å². The lowest BCUT2D eigenvalue weighted by molar-refractivity contribution is -0.132. The van der Waals surface area contributed by atoms with E-state index in [4.69, 9.17) is 0 Å². The fourth-order valence-corrected chi connectivity index (χ4v) is 4.24. The van der Waals surface area contributed by atoms with Gasteiger partial charge in [-0.1, -0.05) is 30.3 Å². The normalized spacial score (nSPS) is 23.2. The molecule has 2 amide bonds. The molecule has 1 N–H and O–H groups in total. The van der Waals surface area contributed by atoms with Crippen LogP contribution in [0.4, 0.5) is 0 Å². The van der Waals surface area contributed by atoms with E-state index in [9.17, 15) is 9.59 Å². The number of amides is 2. The molecule has 1 saturated heterocycles. The predicted octanol–water partition coefficient (Wildman–Crippen LogP) is 2.38. The van der Waals surface area contributed by atoms with Gasteiger partial charge < -0.3 is 10.2 Å². The van der Waals surface area contributed by atoms with Gasteiger partial charge in [-0.05, 0) is 57.1 Å². The van der Waals surface area contributed by atoms with Crippen molar-refractivity contribution in [3.63, 3.8) is 0 Å². The second kappa shape index (κ2) is 9.17. The third kappa shape index (κ3) is 5.07. The maximum atomic E-state index is 12.2. The lowest BCUT2D eigenvalue weighted by Gasteiger charge is -2.34. The highest BCUT2D eigenvalue weighted by atomic mass is 16.2. The van der Waals surface area contributed by atoms with Crippen LogP contribution < -0.4 is 5.32 Å². The molecule has 1 aromatic carbocycles. The zero-order valence-electron chi connectivity index (χ0n) is 15.8.